The molecular formula is C11H9N5S. The average molecular weight is 243 g/mol. The number of rotatable bonds is 2. The number of nitrogens with two attached hydrogens (primary N) is 1. The van der Waals surface area contributed by atoms with Gasteiger partial charge in [-0.05, 0) is 36.9 Å². The number of nitriles is 1. The summed E-state index contributed by atoms with van der Waals surface area (Å²) in [6.45, 7) is 1.81. The lowest BCUT2D eigenvalue weighted by atomic mass is 10.4. The first kappa shape index (κ1) is 11.4. The second kappa shape index (κ2) is 4.80. The Kier molecular flexibility index (Phi) is 3.21. The van der Waals surface area contributed by atoms with E-state index in [1.165, 1.54) is 11.8 Å². The van der Waals surface area contributed by atoms with Crippen LogP contribution >= 0.6 is 11.8 Å². The molecule has 2 aromatic heterocycles. The molecule has 0 aromatic carbocycles. The Bertz CT molecular complexity index is 591. The van der Waals surface area contributed by atoms with Gasteiger partial charge in [0.25, 0.3) is 0 Å². The van der Waals surface area contributed by atoms with Crippen LogP contribution in [0.5, 0.6) is 0 Å². The molecule has 0 saturated carbocycles. The minimum Gasteiger partial charge on any atom is -0.397 e. The molecule has 0 spiro atoms. The lowest BCUT2D eigenvalue weighted by Crippen LogP contribution is -1.96. The van der Waals surface area contributed by atoms with Crippen LogP contribution in [-0.4, -0.2) is 15.0 Å². The maximum absolute atomic E-state index is 8.82. The van der Waals surface area contributed by atoms with E-state index in [2.05, 4.69) is 15.0 Å². The van der Waals surface area contributed by atoms with Crippen molar-refractivity contribution in [2.45, 2.75) is 17.1 Å². The van der Waals surface area contributed by atoms with E-state index < -0.39 is 0 Å². The van der Waals surface area contributed by atoms with Crippen LogP contribution in [0.2, 0.25) is 0 Å². The zero-order valence-electron chi connectivity index (χ0n) is 9.08. The normalized spacial score (nSPS) is 9.88. The van der Waals surface area contributed by atoms with Crippen molar-refractivity contribution in [2.24, 2.45) is 0 Å². The molecule has 5 nitrogen and oxygen atoms in total. The lowest BCUT2D eigenvalue weighted by molar-refractivity contribution is 0.916. The van der Waals surface area contributed by atoms with Crippen molar-refractivity contribution in [3.8, 4) is 6.07 Å². The van der Waals surface area contributed by atoms with Gasteiger partial charge < -0.3 is 5.73 Å². The third-order valence-corrected chi connectivity index (χ3v) is 2.84. The first-order chi connectivity index (χ1) is 8.19. The Labute approximate surface area is 103 Å². The Morgan fingerprint density at radius 3 is 2.94 bits per heavy atom. The van der Waals surface area contributed by atoms with E-state index in [4.69, 9.17) is 11.0 Å². The maximum atomic E-state index is 8.82. The molecule has 0 radical (unpaired) electrons. The highest BCUT2D eigenvalue weighted by Crippen LogP contribution is 2.27. The van der Waals surface area contributed by atoms with Gasteiger partial charge in [-0.2, -0.15) is 5.26 Å². The number of aryl methyl sites for hydroxylation is 1. The molecule has 84 valence electrons. The summed E-state index contributed by atoms with van der Waals surface area (Å²) >= 11 is 1.25. The summed E-state index contributed by atoms with van der Waals surface area (Å²) < 4.78 is 0. The molecule has 0 fully saturated rings. The van der Waals surface area contributed by atoms with Crippen LogP contribution in [0, 0.1) is 18.3 Å². The van der Waals surface area contributed by atoms with E-state index in [1.807, 2.05) is 13.0 Å². The molecule has 2 N–H and O–H groups in total. The summed E-state index contributed by atoms with van der Waals surface area (Å²) in [5, 5.41) is 9.94. The summed E-state index contributed by atoms with van der Waals surface area (Å²) in [5.74, 6) is 0. The van der Waals surface area contributed by atoms with Crippen molar-refractivity contribution in [3.63, 3.8) is 0 Å². The topological polar surface area (TPSA) is 88.5 Å². The van der Waals surface area contributed by atoms with Crippen LogP contribution in [0.4, 0.5) is 5.69 Å². The summed E-state index contributed by atoms with van der Waals surface area (Å²) in [5.41, 5.74) is 7.43. The molecular weight excluding hydrogens is 234 g/mol. The van der Waals surface area contributed by atoms with Crippen molar-refractivity contribution < 1.29 is 0 Å². The zero-order chi connectivity index (χ0) is 12.3. The van der Waals surface area contributed by atoms with Crippen LogP contribution in [0.1, 0.15) is 11.4 Å². The van der Waals surface area contributed by atoms with Gasteiger partial charge in [0.2, 0.25) is 0 Å². The Morgan fingerprint density at radius 1 is 1.41 bits per heavy atom. The van der Waals surface area contributed by atoms with Crippen molar-refractivity contribution in [2.75, 3.05) is 5.73 Å². The van der Waals surface area contributed by atoms with Crippen molar-refractivity contribution in [3.05, 3.63) is 35.8 Å². The first-order valence-corrected chi connectivity index (χ1v) is 5.65. The smallest absolute Gasteiger partial charge is 0.195 e. The van der Waals surface area contributed by atoms with Gasteiger partial charge in [-0.1, -0.05) is 0 Å². The second-order valence-corrected chi connectivity index (χ2v) is 4.24. The molecule has 0 unspecified atom stereocenters. The van der Waals surface area contributed by atoms with Gasteiger partial charge in [0, 0.05) is 11.9 Å². The lowest BCUT2D eigenvalue weighted by Gasteiger charge is -2.03. The molecule has 6 heteroatoms. The molecule has 0 amide bonds. The molecule has 2 rings (SSSR count). The molecule has 17 heavy (non-hydrogen) atoms. The van der Waals surface area contributed by atoms with Gasteiger partial charge >= 0.3 is 0 Å². The van der Waals surface area contributed by atoms with Crippen LogP contribution in [0.25, 0.3) is 0 Å². The van der Waals surface area contributed by atoms with Gasteiger partial charge in [-0.15, -0.1) is 0 Å². The minimum atomic E-state index is 0.342. The molecule has 0 atom stereocenters. The predicted molar refractivity (Wildman–Crippen MR) is 64.3 cm³/mol. The Hall–Kier alpha value is -2.13. The monoisotopic (exact) mass is 243 g/mol. The Morgan fingerprint density at radius 2 is 2.24 bits per heavy atom. The van der Waals surface area contributed by atoms with Crippen LogP contribution in [0.15, 0.2) is 34.6 Å². The fraction of sp³-hybridized carbons (Fsp3) is 0.0909. The minimum absolute atomic E-state index is 0.342. The summed E-state index contributed by atoms with van der Waals surface area (Å²) in [6.07, 6.45) is 1.65. The van der Waals surface area contributed by atoms with Crippen LogP contribution < -0.4 is 5.73 Å². The molecule has 2 heterocycles. The number of anilines is 1. The number of hydrogen-bond donors (Lipinski definition) is 1. The molecule has 0 bridgehead atoms. The van der Waals surface area contributed by atoms with Gasteiger partial charge in [0.15, 0.2) is 5.16 Å². The molecule has 2 aromatic rings. The van der Waals surface area contributed by atoms with E-state index in [0.717, 1.165) is 5.69 Å². The zero-order valence-corrected chi connectivity index (χ0v) is 9.90. The fourth-order valence-corrected chi connectivity index (χ4v) is 2.03. The van der Waals surface area contributed by atoms with E-state index in [9.17, 15) is 0 Å². The van der Waals surface area contributed by atoms with Crippen molar-refractivity contribution in [1.29, 1.82) is 5.26 Å². The number of pyridine rings is 1. The predicted octanol–water partition coefficient (Wildman–Crippen LogP) is 1.79. The number of nitrogen functional groups attached to an aromatic ring is 1. The van der Waals surface area contributed by atoms with E-state index in [1.54, 1.807) is 24.4 Å². The summed E-state index contributed by atoms with van der Waals surface area (Å²) in [4.78, 5) is 12.4. The number of hydrogen-bond acceptors (Lipinski definition) is 6. The van der Waals surface area contributed by atoms with E-state index in [-0.39, 0.29) is 0 Å². The highest BCUT2D eigenvalue weighted by molar-refractivity contribution is 7.99. The first-order valence-electron chi connectivity index (χ1n) is 4.83. The fourth-order valence-electron chi connectivity index (χ4n) is 1.22. The van der Waals surface area contributed by atoms with Crippen molar-refractivity contribution >= 4 is 17.4 Å². The SMILES string of the molecule is Cc1cc(C#N)nc(Sc2ncccc2N)n1. The summed E-state index contributed by atoms with van der Waals surface area (Å²) in [6, 6.07) is 7.14. The molecule has 0 aliphatic rings. The third kappa shape index (κ3) is 2.71. The molecule has 0 aliphatic carbocycles. The quantitative estimate of drug-likeness (QED) is 0.809. The largest absolute Gasteiger partial charge is 0.397 e. The standard InChI is InChI=1S/C11H9N5S/c1-7-5-8(6-12)16-11(15-7)17-10-9(13)3-2-4-14-10/h2-5H,13H2,1H3. The van der Waals surface area contributed by atoms with Gasteiger partial charge in [-0.3, -0.25) is 0 Å². The summed E-state index contributed by atoms with van der Waals surface area (Å²) in [7, 11) is 0. The number of nitrogens with zero attached hydrogens (tertiary/aromatic N) is 4. The second-order valence-electron chi connectivity index (χ2n) is 3.29. The molecule has 0 saturated heterocycles. The van der Waals surface area contributed by atoms with Crippen LogP contribution in [-0.2, 0) is 0 Å². The maximum Gasteiger partial charge on any atom is 0.195 e. The van der Waals surface area contributed by atoms with Gasteiger partial charge in [0.05, 0.1) is 5.69 Å². The van der Waals surface area contributed by atoms with Gasteiger partial charge in [0.1, 0.15) is 16.8 Å². The highest BCUT2D eigenvalue weighted by Gasteiger charge is 2.07. The van der Waals surface area contributed by atoms with E-state index in [0.29, 0.717) is 21.6 Å². The van der Waals surface area contributed by atoms with Crippen LogP contribution in [0.3, 0.4) is 0 Å². The van der Waals surface area contributed by atoms with E-state index >= 15 is 0 Å². The average Bonchev–Trinajstić information content (AvgIpc) is 2.31. The third-order valence-electron chi connectivity index (χ3n) is 1.94. The number of aromatic nitrogens is 3. The van der Waals surface area contributed by atoms with Gasteiger partial charge in [-0.25, -0.2) is 15.0 Å². The Balaban J connectivity index is 2.34. The van der Waals surface area contributed by atoms with Crippen molar-refractivity contribution in [1.82, 2.24) is 15.0 Å². The highest BCUT2D eigenvalue weighted by atomic mass is 32.2. The molecule has 0 aliphatic heterocycles.